The summed E-state index contributed by atoms with van der Waals surface area (Å²) < 4.78 is 30.4. The van der Waals surface area contributed by atoms with E-state index in [9.17, 15) is 13.2 Å². The molecule has 0 fully saturated rings. The molecule has 0 aliphatic rings. The molecule has 0 saturated carbocycles. The molecule has 1 amide bonds. The van der Waals surface area contributed by atoms with Crippen LogP contribution in [-0.2, 0) is 19.4 Å². The molecule has 0 spiro atoms. The fraction of sp³-hybridized carbons (Fsp3) is 0.100. The number of ether oxygens (including phenoxy) is 1. The lowest BCUT2D eigenvalue weighted by atomic mass is 10.0. The zero-order chi connectivity index (χ0) is 29.3. The summed E-state index contributed by atoms with van der Waals surface area (Å²) in [7, 11) is -3.40. The van der Waals surface area contributed by atoms with Crippen molar-refractivity contribution in [3.05, 3.63) is 114 Å². The van der Waals surface area contributed by atoms with E-state index >= 15 is 0 Å². The number of sulfone groups is 1. The Balaban J connectivity index is 0.00000103. The minimum absolute atomic E-state index is 0.0984. The molecule has 5 N–H and O–H groups in total. The van der Waals surface area contributed by atoms with Gasteiger partial charge in [0.05, 0.1) is 4.90 Å². The van der Waals surface area contributed by atoms with Gasteiger partial charge in [0, 0.05) is 35.6 Å². The maximum absolute atomic E-state index is 13.3. The van der Waals surface area contributed by atoms with E-state index in [0.29, 0.717) is 33.7 Å². The Hall–Kier alpha value is -4.96. The van der Waals surface area contributed by atoms with Crippen molar-refractivity contribution in [2.45, 2.75) is 17.9 Å². The van der Waals surface area contributed by atoms with E-state index in [1.807, 2.05) is 18.2 Å². The minimum Gasteiger partial charge on any atom is -0.481 e. The van der Waals surface area contributed by atoms with Crippen molar-refractivity contribution < 1.29 is 27.9 Å². The van der Waals surface area contributed by atoms with E-state index in [4.69, 9.17) is 25.8 Å². The Labute approximate surface area is 232 Å². The second-order valence-corrected chi connectivity index (χ2v) is 10.7. The van der Waals surface area contributed by atoms with Gasteiger partial charge in [0.25, 0.3) is 11.9 Å². The lowest BCUT2D eigenvalue weighted by molar-refractivity contribution is -0.134. The average molecular weight is 560 g/mol. The van der Waals surface area contributed by atoms with Crippen LogP contribution in [-0.4, -0.2) is 37.5 Å². The highest BCUT2D eigenvalue weighted by atomic mass is 32.2. The van der Waals surface area contributed by atoms with Crippen molar-refractivity contribution in [2.24, 2.45) is 5.73 Å². The normalized spacial score (nSPS) is 11.3. The van der Waals surface area contributed by atoms with Gasteiger partial charge in [-0.15, -0.1) is 0 Å². The van der Waals surface area contributed by atoms with Crippen molar-refractivity contribution in [3.8, 4) is 16.9 Å². The highest BCUT2D eigenvalue weighted by molar-refractivity contribution is 7.90. The van der Waals surface area contributed by atoms with Gasteiger partial charge >= 0.3 is 0 Å². The Morgan fingerprint density at radius 1 is 0.900 bits per heavy atom. The highest BCUT2D eigenvalue weighted by Crippen LogP contribution is 2.29. The molecule has 9 nitrogen and oxygen atoms in total. The summed E-state index contributed by atoms with van der Waals surface area (Å²) in [4.78, 5) is 22.5. The summed E-state index contributed by atoms with van der Waals surface area (Å²) in [6.07, 6.45) is 0.218. The summed E-state index contributed by atoms with van der Waals surface area (Å²) in [6.45, 7) is 1.08. The standard InChI is InChI=1S/C28H25N3O4S.C2H4O2/c1-36(33,34)25-13-6-5-12-24(25)19-14-16-22(17-15-19)31-28(32)26(20-8-3-2-4-9-20)35-23-11-7-10-21(18-23)27(29)30;1-2(3)4/h2-18,26H,1H3,(H3,29,30)(H,31,32);1H3,(H,3,4). The number of anilines is 1. The molecule has 0 aromatic heterocycles. The van der Waals surface area contributed by atoms with Crippen molar-refractivity contribution in [3.63, 3.8) is 0 Å². The van der Waals surface area contributed by atoms with Gasteiger partial charge in [0.1, 0.15) is 11.6 Å². The van der Waals surface area contributed by atoms with E-state index in [0.717, 1.165) is 6.92 Å². The first kappa shape index (κ1) is 29.6. The third-order valence-electron chi connectivity index (χ3n) is 5.49. The molecule has 40 heavy (non-hydrogen) atoms. The number of nitrogens with one attached hydrogen (secondary N) is 2. The number of amidine groups is 1. The first-order valence-electron chi connectivity index (χ1n) is 12.0. The van der Waals surface area contributed by atoms with Crippen LogP contribution < -0.4 is 15.8 Å². The van der Waals surface area contributed by atoms with Crippen LogP contribution in [0.1, 0.15) is 24.2 Å². The van der Waals surface area contributed by atoms with Crippen molar-refractivity contribution in [2.75, 3.05) is 11.6 Å². The van der Waals surface area contributed by atoms with Crippen LogP contribution in [0.25, 0.3) is 11.1 Å². The van der Waals surface area contributed by atoms with Crippen LogP contribution in [0.15, 0.2) is 108 Å². The highest BCUT2D eigenvalue weighted by Gasteiger charge is 2.23. The summed E-state index contributed by atoms with van der Waals surface area (Å²) in [5.74, 6) is -0.920. The first-order chi connectivity index (χ1) is 19.0. The number of benzene rings is 4. The summed E-state index contributed by atoms with van der Waals surface area (Å²) in [6, 6.07) is 29.5. The lowest BCUT2D eigenvalue weighted by Gasteiger charge is -2.20. The Morgan fingerprint density at radius 3 is 2.10 bits per heavy atom. The van der Waals surface area contributed by atoms with Gasteiger partial charge in [-0.2, -0.15) is 0 Å². The number of carbonyl (C=O) groups excluding carboxylic acids is 1. The predicted octanol–water partition coefficient (Wildman–Crippen LogP) is 4.89. The van der Waals surface area contributed by atoms with Crippen LogP contribution in [0, 0.1) is 5.41 Å². The average Bonchev–Trinajstić information content (AvgIpc) is 2.92. The second kappa shape index (κ2) is 13.2. The molecule has 0 radical (unpaired) electrons. The van der Waals surface area contributed by atoms with E-state index in [1.165, 1.54) is 6.26 Å². The third-order valence-corrected chi connectivity index (χ3v) is 6.64. The second-order valence-electron chi connectivity index (χ2n) is 8.70. The van der Waals surface area contributed by atoms with E-state index in [2.05, 4.69) is 5.32 Å². The number of nitrogen functional groups attached to an aromatic ring is 1. The Bertz CT molecular complexity index is 1600. The van der Waals surface area contributed by atoms with Crippen molar-refractivity contribution in [1.82, 2.24) is 0 Å². The van der Waals surface area contributed by atoms with Gasteiger partial charge < -0.3 is 20.9 Å². The third kappa shape index (κ3) is 8.27. The molecule has 0 aliphatic heterocycles. The number of amides is 1. The van der Waals surface area contributed by atoms with Crippen LogP contribution >= 0.6 is 0 Å². The molecule has 206 valence electrons. The van der Waals surface area contributed by atoms with Crippen molar-refractivity contribution in [1.29, 1.82) is 5.41 Å². The first-order valence-corrected chi connectivity index (χ1v) is 13.9. The van der Waals surface area contributed by atoms with Gasteiger partial charge in [-0.1, -0.05) is 72.8 Å². The fourth-order valence-corrected chi connectivity index (χ4v) is 4.65. The maximum Gasteiger partial charge on any atom is 0.300 e. The molecule has 0 aliphatic carbocycles. The number of rotatable bonds is 8. The van der Waals surface area contributed by atoms with Crippen LogP contribution in [0.3, 0.4) is 0 Å². The fourth-order valence-electron chi connectivity index (χ4n) is 3.74. The van der Waals surface area contributed by atoms with Crippen LogP contribution in [0.5, 0.6) is 5.75 Å². The predicted molar refractivity (Wildman–Crippen MR) is 154 cm³/mol. The summed E-state index contributed by atoms with van der Waals surface area (Å²) >= 11 is 0. The van der Waals surface area contributed by atoms with Crippen molar-refractivity contribution >= 4 is 33.2 Å². The van der Waals surface area contributed by atoms with Gasteiger partial charge in [-0.25, -0.2) is 8.42 Å². The van der Waals surface area contributed by atoms with Gasteiger partial charge in [-0.3, -0.25) is 15.0 Å². The Kier molecular flexibility index (Phi) is 9.77. The maximum atomic E-state index is 13.3. The van der Waals surface area contributed by atoms with E-state index in [1.54, 1.807) is 84.9 Å². The molecular formula is C30H29N3O6S. The zero-order valence-electron chi connectivity index (χ0n) is 21.9. The van der Waals surface area contributed by atoms with E-state index in [-0.39, 0.29) is 10.7 Å². The topological polar surface area (TPSA) is 160 Å². The molecule has 0 heterocycles. The largest absolute Gasteiger partial charge is 0.481 e. The molecule has 10 heteroatoms. The number of aliphatic carboxylic acids is 1. The molecule has 4 rings (SSSR count). The molecule has 0 bridgehead atoms. The number of nitrogens with two attached hydrogens (primary N) is 1. The number of hydrogen-bond acceptors (Lipinski definition) is 6. The number of hydrogen-bond donors (Lipinski definition) is 4. The van der Waals surface area contributed by atoms with Crippen LogP contribution in [0.4, 0.5) is 5.69 Å². The number of carboxylic acids is 1. The lowest BCUT2D eigenvalue weighted by Crippen LogP contribution is -2.25. The molecule has 1 unspecified atom stereocenters. The molecule has 4 aromatic carbocycles. The van der Waals surface area contributed by atoms with Gasteiger partial charge in [0.2, 0.25) is 6.10 Å². The SMILES string of the molecule is CC(=O)O.CS(=O)(=O)c1ccccc1-c1ccc(NC(=O)C(Oc2cccc(C(=N)N)c2)c2ccccc2)cc1. The number of carboxylic acid groups (broad SMARTS) is 1. The molecular weight excluding hydrogens is 530 g/mol. The number of carbonyl (C=O) groups is 2. The quantitative estimate of drug-likeness (QED) is 0.177. The van der Waals surface area contributed by atoms with E-state index < -0.39 is 27.8 Å². The molecule has 1 atom stereocenters. The zero-order valence-corrected chi connectivity index (χ0v) is 22.7. The smallest absolute Gasteiger partial charge is 0.300 e. The van der Waals surface area contributed by atoms with Gasteiger partial charge in [0.15, 0.2) is 9.84 Å². The summed E-state index contributed by atoms with van der Waals surface area (Å²) in [5, 5.41) is 17.9. The van der Waals surface area contributed by atoms with Gasteiger partial charge in [-0.05, 0) is 35.9 Å². The molecule has 0 saturated heterocycles. The summed E-state index contributed by atoms with van der Waals surface area (Å²) in [5.41, 5.74) is 8.57. The Morgan fingerprint density at radius 2 is 1.50 bits per heavy atom. The van der Waals surface area contributed by atoms with Crippen LogP contribution in [0.2, 0.25) is 0 Å². The monoisotopic (exact) mass is 559 g/mol. The molecule has 4 aromatic rings. The minimum atomic E-state index is -3.40.